The maximum atomic E-state index is 12.5. The van der Waals surface area contributed by atoms with Crippen LogP contribution in [-0.2, 0) is 4.79 Å². The van der Waals surface area contributed by atoms with Crippen LogP contribution in [0.15, 0.2) is 58.9 Å². The van der Waals surface area contributed by atoms with Gasteiger partial charge in [0.15, 0.2) is 4.34 Å². The highest BCUT2D eigenvalue weighted by molar-refractivity contribution is 8.01. The van der Waals surface area contributed by atoms with Crippen molar-refractivity contribution in [2.24, 2.45) is 0 Å². The van der Waals surface area contributed by atoms with Crippen molar-refractivity contribution in [1.29, 1.82) is 0 Å². The lowest BCUT2D eigenvalue weighted by atomic mass is 9.95. The average molecular weight is 340 g/mol. The molecular formula is C18H16N2OS2. The number of likely N-dealkylation sites (tertiary alicyclic amines) is 1. The first-order chi connectivity index (χ1) is 11.3. The predicted molar refractivity (Wildman–Crippen MR) is 95.9 cm³/mol. The zero-order valence-electron chi connectivity index (χ0n) is 12.5. The van der Waals surface area contributed by atoms with Crippen LogP contribution in [0.4, 0.5) is 0 Å². The summed E-state index contributed by atoms with van der Waals surface area (Å²) in [5, 5.41) is 0. The Labute approximate surface area is 143 Å². The van der Waals surface area contributed by atoms with Crippen LogP contribution < -0.4 is 0 Å². The van der Waals surface area contributed by atoms with Crippen molar-refractivity contribution >= 4 is 39.2 Å². The van der Waals surface area contributed by atoms with E-state index < -0.39 is 0 Å². The number of nitrogens with zero attached hydrogens (tertiary/aromatic N) is 2. The van der Waals surface area contributed by atoms with Gasteiger partial charge in [-0.25, -0.2) is 4.98 Å². The van der Waals surface area contributed by atoms with E-state index in [2.05, 4.69) is 23.2 Å². The number of benzene rings is 2. The van der Waals surface area contributed by atoms with Crippen LogP contribution in [0.1, 0.15) is 18.0 Å². The Morgan fingerprint density at radius 3 is 2.70 bits per heavy atom. The third-order valence-electron chi connectivity index (χ3n) is 4.12. The van der Waals surface area contributed by atoms with E-state index in [4.69, 9.17) is 0 Å². The number of rotatable bonds is 4. The second-order valence-corrected chi connectivity index (χ2v) is 7.79. The highest BCUT2D eigenvalue weighted by atomic mass is 32.2. The molecule has 5 heteroatoms. The van der Waals surface area contributed by atoms with E-state index in [0.29, 0.717) is 5.75 Å². The Morgan fingerprint density at radius 2 is 1.96 bits per heavy atom. The molecule has 0 saturated carbocycles. The summed E-state index contributed by atoms with van der Waals surface area (Å²) in [5.41, 5.74) is 2.25. The van der Waals surface area contributed by atoms with E-state index in [0.717, 1.165) is 22.8 Å². The van der Waals surface area contributed by atoms with Gasteiger partial charge in [0.1, 0.15) is 0 Å². The molecule has 0 aliphatic carbocycles. The molecule has 2 heterocycles. The van der Waals surface area contributed by atoms with E-state index in [1.54, 1.807) is 23.1 Å². The maximum absolute atomic E-state index is 12.5. The molecule has 0 radical (unpaired) electrons. The second kappa shape index (κ2) is 6.34. The van der Waals surface area contributed by atoms with Gasteiger partial charge in [-0.05, 0) is 24.1 Å². The smallest absolute Gasteiger partial charge is 0.233 e. The van der Waals surface area contributed by atoms with Crippen molar-refractivity contribution in [3.8, 4) is 0 Å². The lowest BCUT2D eigenvalue weighted by Crippen LogP contribution is -2.45. The van der Waals surface area contributed by atoms with Gasteiger partial charge in [0, 0.05) is 6.54 Å². The number of para-hydroxylation sites is 1. The van der Waals surface area contributed by atoms with Gasteiger partial charge in [-0.1, -0.05) is 54.2 Å². The number of thioether (sulfide) groups is 1. The molecule has 23 heavy (non-hydrogen) atoms. The first kappa shape index (κ1) is 14.7. The molecule has 1 aliphatic rings. The van der Waals surface area contributed by atoms with Crippen molar-refractivity contribution in [3.63, 3.8) is 0 Å². The monoisotopic (exact) mass is 340 g/mol. The summed E-state index contributed by atoms with van der Waals surface area (Å²) in [7, 11) is 0. The fourth-order valence-corrected chi connectivity index (χ4v) is 4.78. The number of amides is 1. The first-order valence-corrected chi connectivity index (χ1v) is 9.44. The summed E-state index contributed by atoms with van der Waals surface area (Å²) in [4.78, 5) is 19.0. The van der Waals surface area contributed by atoms with Gasteiger partial charge in [0.2, 0.25) is 5.91 Å². The number of hydrogen-bond acceptors (Lipinski definition) is 4. The number of hydrogen-bond donors (Lipinski definition) is 0. The van der Waals surface area contributed by atoms with Gasteiger partial charge in [-0.2, -0.15) is 0 Å². The minimum atomic E-state index is 0.203. The second-order valence-electron chi connectivity index (χ2n) is 5.54. The van der Waals surface area contributed by atoms with Crippen molar-refractivity contribution in [2.75, 3.05) is 12.3 Å². The number of carbonyl (C=O) groups is 1. The lowest BCUT2D eigenvalue weighted by Gasteiger charge is -2.41. The Kier molecular flexibility index (Phi) is 4.06. The molecule has 1 saturated heterocycles. The van der Waals surface area contributed by atoms with Gasteiger partial charge in [-0.15, -0.1) is 11.3 Å². The molecule has 2 aromatic carbocycles. The third kappa shape index (κ3) is 2.99. The predicted octanol–water partition coefficient (Wildman–Crippen LogP) is 4.36. The molecular weight excluding hydrogens is 324 g/mol. The molecule has 1 aliphatic heterocycles. The van der Waals surface area contributed by atoms with Crippen LogP contribution in [0, 0.1) is 0 Å². The van der Waals surface area contributed by atoms with E-state index >= 15 is 0 Å². The number of carbonyl (C=O) groups excluding carboxylic acids is 1. The minimum absolute atomic E-state index is 0.203. The number of thiazole rings is 1. The third-order valence-corrected chi connectivity index (χ3v) is 6.28. The Hall–Kier alpha value is -1.85. The van der Waals surface area contributed by atoms with Crippen molar-refractivity contribution < 1.29 is 4.79 Å². The summed E-state index contributed by atoms with van der Waals surface area (Å²) >= 11 is 3.20. The minimum Gasteiger partial charge on any atom is -0.335 e. The Morgan fingerprint density at radius 1 is 1.17 bits per heavy atom. The fraction of sp³-hybridized carbons (Fsp3) is 0.222. The zero-order chi connectivity index (χ0) is 15.6. The first-order valence-electron chi connectivity index (χ1n) is 7.64. The summed E-state index contributed by atoms with van der Waals surface area (Å²) in [5.74, 6) is 0.665. The molecule has 1 unspecified atom stereocenters. The van der Waals surface area contributed by atoms with Gasteiger partial charge in [0.05, 0.1) is 22.0 Å². The molecule has 1 amide bonds. The molecule has 1 aromatic heterocycles. The van der Waals surface area contributed by atoms with E-state index in [9.17, 15) is 4.79 Å². The number of aromatic nitrogens is 1. The van der Waals surface area contributed by atoms with Crippen LogP contribution in [-0.4, -0.2) is 28.1 Å². The molecule has 1 fully saturated rings. The Bertz CT molecular complexity index is 798. The quantitative estimate of drug-likeness (QED) is 0.662. The molecule has 4 rings (SSSR count). The highest BCUT2D eigenvalue weighted by Crippen LogP contribution is 2.35. The SMILES string of the molecule is O=C(CSc1nc2ccccc2s1)N1CCC1c1ccccc1. The largest absolute Gasteiger partial charge is 0.335 e. The van der Waals surface area contributed by atoms with Crippen LogP contribution >= 0.6 is 23.1 Å². The van der Waals surface area contributed by atoms with Crippen molar-refractivity contribution in [1.82, 2.24) is 9.88 Å². The molecule has 116 valence electrons. The summed E-state index contributed by atoms with van der Waals surface area (Å²) in [6, 6.07) is 18.6. The van der Waals surface area contributed by atoms with Gasteiger partial charge < -0.3 is 4.90 Å². The summed E-state index contributed by atoms with van der Waals surface area (Å²) in [6.07, 6.45) is 1.06. The normalized spacial score (nSPS) is 17.2. The van der Waals surface area contributed by atoms with E-state index in [-0.39, 0.29) is 11.9 Å². The van der Waals surface area contributed by atoms with Crippen LogP contribution in [0.25, 0.3) is 10.2 Å². The molecule has 0 N–H and O–H groups in total. The van der Waals surface area contributed by atoms with Gasteiger partial charge >= 0.3 is 0 Å². The highest BCUT2D eigenvalue weighted by Gasteiger charge is 2.32. The topological polar surface area (TPSA) is 33.2 Å². The van der Waals surface area contributed by atoms with Crippen LogP contribution in [0.2, 0.25) is 0 Å². The maximum Gasteiger partial charge on any atom is 0.233 e. The van der Waals surface area contributed by atoms with Crippen molar-refractivity contribution in [3.05, 3.63) is 60.2 Å². The van der Waals surface area contributed by atoms with Gasteiger partial charge in [0.25, 0.3) is 0 Å². The van der Waals surface area contributed by atoms with Gasteiger partial charge in [-0.3, -0.25) is 4.79 Å². The molecule has 3 aromatic rings. The summed E-state index contributed by atoms with van der Waals surface area (Å²) < 4.78 is 2.14. The molecule has 0 spiro atoms. The number of fused-ring (bicyclic) bond motifs is 1. The Balaban J connectivity index is 1.40. The fourth-order valence-electron chi connectivity index (χ4n) is 2.83. The average Bonchev–Trinajstić information content (AvgIpc) is 2.96. The van der Waals surface area contributed by atoms with Crippen LogP contribution in [0.3, 0.4) is 0 Å². The van der Waals surface area contributed by atoms with Crippen LogP contribution in [0.5, 0.6) is 0 Å². The zero-order valence-corrected chi connectivity index (χ0v) is 14.1. The summed E-state index contributed by atoms with van der Waals surface area (Å²) in [6.45, 7) is 0.860. The molecule has 0 bridgehead atoms. The van der Waals surface area contributed by atoms with E-state index in [1.807, 2.05) is 41.3 Å². The molecule has 3 nitrogen and oxygen atoms in total. The molecule has 1 atom stereocenters. The van der Waals surface area contributed by atoms with E-state index in [1.165, 1.54) is 10.3 Å². The van der Waals surface area contributed by atoms with Crippen molar-refractivity contribution in [2.45, 2.75) is 16.8 Å². The lowest BCUT2D eigenvalue weighted by molar-refractivity contribution is -0.136. The standard InChI is InChI=1S/C18H16N2OS2/c21-17(20-11-10-15(20)13-6-2-1-3-7-13)12-22-18-19-14-8-4-5-9-16(14)23-18/h1-9,15H,10-12H2.